The van der Waals surface area contributed by atoms with Gasteiger partial charge in [-0.3, -0.25) is 0 Å². The number of hydrogen-bond acceptors (Lipinski definition) is 2. The van der Waals surface area contributed by atoms with Gasteiger partial charge in [-0.15, -0.1) is 0 Å². The molecule has 0 fully saturated rings. The van der Waals surface area contributed by atoms with Crippen molar-refractivity contribution in [1.29, 1.82) is 0 Å². The molecule has 0 aliphatic carbocycles. The molecule has 0 radical (unpaired) electrons. The number of anilines is 1. The summed E-state index contributed by atoms with van der Waals surface area (Å²) in [6.45, 7) is 6.10. The molecule has 2 aromatic rings. The Balaban J connectivity index is 2.64. The van der Waals surface area contributed by atoms with E-state index < -0.39 is 0 Å². The van der Waals surface area contributed by atoms with Gasteiger partial charge in [0.2, 0.25) is 0 Å². The van der Waals surface area contributed by atoms with Gasteiger partial charge in [-0.05, 0) is 61.2 Å². The van der Waals surface area contributed by atoms with Crippen molar-refractivity contribution in [1.82, 2.24) is 4.98 Å². The molecule has 0 saturated carbocycles. The zero-order chi connectivity index (χ0) is 12.6. The van der Waals surface area contributed by atoms with Gasteiger partial charge in [0.25, 0.3) is 0 Å². The number of aryl methyl sites for hydroxylation is 3. The van der Waals surface area contributed by atoms with Crippen LogP contribution in [0.15, 0.2) is 24.4 Å². The van der Waals surface area contributed by atoms with Gasteiger partial charge in [0.05, 0.1) is 0 Å². The molecule has 0 atom stereocenters. The van der Waals surface area contributed by atoms with E-state index in [-0.39, 0.29) is 0 Å². The quantitative estimate of drug-likeness (QED) is 0.829. The van der Waals surface area contributed by atoms with Crippen molar-refractivity contribution in [2.45, 2.75) is 20.8 Å². The molecule has 17 heavy (non-hydrogen) atoms. The molecule has 1 aromatic carbocycles. The Hall–Kier alpha value is -1.54. The third kappa shape index (κ3) is 2.27. The molecule has 0 bridgehead atoms. The maximum atomic E-state index is 6.10. The lowest BCUT2D eigenvalue weighted by Crippen LogP contribution is -1.94. The van der Waals surface area contributed by atoms with Gasteiger partial charge in [0, 0.05) is 16.8 Å². The number of hydrogen-bond donors (Lipinski definition) is 1. The average Bonchev–Trinajstić information content (AvgIpc) is 2.24. The van der Waals surface area contributed by atoms with Crippen LogP contribution in [0.4, 0.5) is 5.82 Å². The highest BCUT2D eigenvalue weighted by Crippen LogP contribution is 2.30. The third-order valence-corrected chi connectivity index (χ3v) is 3.33. The van der Waals surface area contributed by atoms with Crippen LogP contribution in [0.25, 0.3) is 11.1 Å². The van der Waals surface area contributed by atoms with Crippen LogP contribution >= 0.6 is 11.6 Å². The summed E-state index contributed by atoms with van der Waals surface area (Å²) < 4.78 is 0. The zero-order valence-electron chi connectivity index (χ0n) is 10.2. The molecule has 0 aliphatic heterocycles. The summed E-state index contributed by atoms with van der Waals surface area (Å²) in [6, 6.07) is 5.97. The van der Waals surface area contributed by atoms with Crippen LogP contribution in [0.3, 0.4) is 0 Å². The molecule has 0 saturated heterocycles. The van der Waals surface area contributed by atoms with E-state index >= 15 is 0 Å². The third-order valence-electron chi connectivity index (χ3n) is 2.93. The first kappa shape index (κ1) is 11.9. The lowest BCUT2D eigenvalue weighted by atomic mass is 9.96. The van der Waals surface area contributed by atoms with Gasteiger partial charge in [-0.1, -0.05) is 11.6 Å². The number of nitrogens with zero attached hydrogens (tertiary/aromatic N) is 1. The van der Waals surface area contributed by atoms with Gasteiger partial charge >= 0.3 is 0 Å². The Morgan fingerprint density at radius 3 is 2.24 bits per heavy atom. The number of pyridine rings is 1. The fourth-order valence-electron chi connectivity index (χ4n) is 1.93. The Morgan fingerprint density at radius 2 is 1.59 bits per heavy atom. The highest BCUT2D eigenvalue weighted by molar-refractivity contribution is 6.31. The Kier molecular flexibility index (Phi) is 3.07. The van der Waals surface area contributed by atoms with E-state index in [1.165, 1.54) is 0 Å². The highest BCUT2D eigenvalue weighted by atomic mass is 35.5. The van der Waals surface area contributed by atoms with Gasteiger partial charge < -0.3 is 5.73 Å². The SMILES string of the molecule is Cc1cc(-c2cnc(N)cc2C)c(C)cc1Cl. The summed E-state index contributed by atoms with van der Waals surface area (Å²) in [4.78, 5) is 4.15. The summed E-state index contributed by atoms with van der Waals surface area (Å²) in [5.41, 5.74) is 11.3. The average molecular weight is 247 g/mol. The Labute approximate surface area is 106 Å². The maximum absolute atomic E-state index is 6.10. The maximum Gasteiger partial charge on any atom is 0.123 e. The fourth-order valence-corrected chi connectivity index (χ4v) is 2.15. The molecule has 1 heterocycles. The number of aromatic nitrogens is 1. The summed E-state index contributed by atoms with van der Waals surface area (Å²) in [6.07, 6.45) is 1.82. The highest BCUT2D eigenvalue weighted by Gasteiger charge is 2.08. The van der Waals surface area contributed by atoms with Crippen molar-refractivity contribution in [3.63, 3.8) is 0 Å². The minimum atomic E-state index is 0.551. The lowest BCUT2D eigenvalue weighted by molar-refractivity contribution is 1.28. The van der Waals surface area contributed by atoms with Crippen molar-refractivity contribution >= 4 is 17.4 Å². The molecule has 88 valence electrons. The van der Waals surface area contributed by atoms with Crippen LogP contribution < -0.4 is 5.73 Å². The largest absolute Gasteiger partial charge is 0.384 e. The van der Waals surface area contributed by atoms with E-state index in [2.05, 4.69) is 18.0 Å². The minimum absolute atomic E-state index is 0.551. The number of nitrogen functional groups attached to an aromatic ring is 1. The Morgan fingerprint density at radius 1 is 0.941 bits per heavy atom. The van der Waals surface area contributed by atoms with Crippen LogP contribution in [0.5, 0.6) is 0 Å². The molecule has 2 nitrogen and oxygen atoms in total. The van der Waals surface area contributed by atoms with Crippen molar-refractivity contribution in [2.24, 2.45) is 0 Å². The molecule has 0 unspecified atom stereocenters. The van der Waals surface area contributed by atoms with Crippen LogP contribution in [-0.4, -0.2) is 4.98 Å². The Bertz CT molecular complexity index is 577. The number of halogens is 1. The van der Waals surface area contributed by atoms with Gasteiger partial charge in [0.15, 0.2) is 0 Å². The van der Waals surface area contributed by atoms with Crippen LogP contribution in [0, 0.1) is 20.8 Å². The van der Waals surface area contributed by atoms with Gasteiger partial charge in [0.1, 0.15) is 5.82 Å². The fraction of sp³-hybridized carbons (Fsp3) is 0.214. The first-order valence-electron chi connectivity index (χ1n) is 5.48. The monoisotopic (exact) mass is 246 g/mol. The van der Waals surface area contributed by atoms with E-state index in [0.29, 0.717) is 5.82 Å². The normalized spacial score (nSPS) is 10.6. The number of rotatable bonds is 1. The summed E-state index contributed by atoms with van der Waals surface area (Å²) >= 11 is 6.10. The van der Waals surface area contributed by atoms with E-state index in [9.17, 15) is 0 Å². The number of nitrogens with two attached hydrogens (primary N) is 1. The summed E-state index contributed by atoms with van der Waals surface area (Å²) in [7, 11) is 0. The predicted molar refractivity (Wildman–Crippen MR) is 73.3 cm³/mol. The first-order chi connectivity index (χ1) is 7.99. The van der Waals surface area contributed by atoms with Crippen LogP contribution in [0.1, 0.15) is 16.7 Å². The molecular formula is C14H15ClN2. The van der Waals surface area contributed by atoms with Gasteiger partial charge in [-0.2, -0.15) is 0 Å². The smallest absolute Gasteiger partial charge is 0.123 e. The molecule has 0 spiro atoms. The van der Waals surface area contributed by atoms with Crippen molar-refractivity contribution < 1.29 is 0 Å². The zero-order valence-corrected chi connectivity index (χ0v) is 11.0. The lowest BCUT2D eigenvalue weighted by Gasteiger charge is -2.11. The molecular weight excluding hydrogens is 232 g/mol. The summed E-state index contributed by atoms with van der Waals surface area (Å²) in [5, 5.41) is 0.798. The van der Waals surface area contributed by atoms with E-state index in [1.54, 1.807) is 0 Å². The second-order valence-electron chi connectivity index (χ2n) is 4.34. The predicted octanol–water partition coefficient (Wildman–Crippen LogP) is 3.91. The van der Waals surface area contributed by atoms with E-state index in [1.807, 2.05) is 32.2 Å². The molecule has 2 rings (SSSR count). The second kappa shape index (κ2) is 4.38. The molecule has 1 aromatic heterocycles. The standard InChI is InChI=1S/C14H15ClN2/c1-8-5-13(15)10(3)4-11(8)12-7-17-14(16)6-9(12)2/h4-7H,1-3H3,(H2,16,17). The topological polar surface area (TPSA) is 38.9 Å². The molecule has 3 heteroatoms. The molecule has 0 aliphatic rings. The molecule has 2 N–H and O–H groups in total. The van der Waals surface area contributed by atoms with E-state index in [4.69, 9.17) is 17.3 Å². The van der Waals surface area contributed by atoms with Crippen LogP contribution in [0.2, 0.25) is 5.02 Å². The second-order valence-corrected chi connectivity index (χ2v) is 4.75. The van der Waals surface area contributed by atoms with Crippen LogP contribution in [-0.2, 0) is 0 Å². The molecule has 0 amide bonds. The van der Waals surface area contributed by atoms with Gasteiger partial charge in [-0.25, -0.2) is 4.98 Å². The van der Waals surface area contributed by atoms with Crippen molar-refractivity contribution in [3.05, 3.63) is 46.1 Å². The summed E-state index contributed by atoms with van der Waals surface area (Å²) in [5.74, 6) is 0.551. The first-order valence-corrected chi connectivity index (χ1v) is 5.86. The van der Waals surface area contributed by atoms with Crippen molar-refractivity contribution in [2.75, 3.05) is 5.73 Å². The minimum Gasteiger partial charge on any atom is -0.384 e. The van der Waals surface area contributed by atoms with E-state index in [0.717, 1.165) is 32.8 Å². The number of benzene rings is 1. The van der Waals surface area contributed by atoms with Crippen molar-refractivity contribution in [3.8, 4) is 11.1 Å².